The Bertz CT molecular complexity index is 657. The van der Waals surface area contributed by atoms with Crippen molar-refractivity contribution in [3.63, 3.8) is 0 Å². The van der Waals surface area contributed by atoms with Gasteiger partial charge in [-0.25, -0.2) is 0 Å². The molecule has 21 heavy (non-hydrogen) atoms. The predicted octanol–water partition coefficient (Wildman–Crippen LogP) is 2.68. The van der Waals surface area contributed by atoms with Crippen molar-refractivity contribution in [3.05, 3.63) is 65.2 Å². The number of carbonyl (C=O) groups excluding carboxylic acids is 1. The van der Waals surface area contributed by atoms with Crippen molar-refractivity contribution in [2.45, 2.75) is 24.0 Å². The number of aliphatic hydroxyl groups is 1. The van der Waals surface area contributed by atoms with E-state index >= 15 is 0 Å². The highest BCUT2D eigenvalue weighted by atomic mass is 32.2. The summed E-state index contributed by atoms with van der Waals surface area (Å²) in [6, 6.07) is 15.7. The van der Waals surface area contributed by atoms with E-state index in [1.165, 1.54) is 4.90 Å². The molecular weight excluding hydrogens is 282 g/mol. The topological polar surface area (TPSA) is 49.3 Å². The van der Waals surface area contributed by atoms with E-state index in [0.717, 1.165) is 22.4 Å². The van der Waals surface area contributed by atoms with Gasteiger partial charge in [0.1, 0.15) is 0 Å². The maximum Gasteiger partial charge on any atom is 0.228 e. The van der Waals surface area contributed by atoms with Gasteiger partial charge in [0.2, 0.25) is 5.91 Å². The first-order valence-electron chi connectivity index (χ1n) is 6.96. The summed E-state index contributed by atoms with van der Waals surface area (Å²) in [5, 5.41) is 12.3. The van der Waals surface area contributed by atoms with Gasteiger partial charge in [-0.1, -0.05) is 42.5 Å². The number of carbonyl (C=O) groups is 1. The van der Waals surface area contributed by atoms with Crippen LogP contribution in [0.4, 0.5) is 0 Å². The van der Waals surface area contributed by atoms with Crippen LogP contribution in [0, 0.1) is 0 Å². The van der Waals surface area contributed by atoms with Crippen LogP contribution < -0.4 is 5.32 Å². The van der Waals surface area contributed by atoms with Crippen molar-refractivity contribution in [1.82, 2.24) is 5.32 Å². The second-order valence-electron chi connectivity index (χ2n) is 5.05. The van der Waals surface area contributed by atoms with Gasteiger partial charge in [-0.3, -0.25) is 4.79 Å². The monoisotopic (exact) mass is 299 g/mol. The van der Waals surface area contributed by atoms with Crippen LogP contribution >= 0.6 is 11.8 Å². The van der Waals surface area contributed by atoms with E-state index in [1.54, 1.807) is 11.8 Å². The number of fused-ring (bicyclic) bond motifs is 1. The molecule has 3 rings (SSSR count). The van der Waals surface area contributed by atoms with Gasteiger partial charge < -0.3 is 10.4 Å². The maximum atomic E-state index is 12.4. The lowest BCUT2D eigenvalue weighted by Gasteiger charge is -2.13. The fraction of sp³-hybridized carbons (Fsp3) is 0.235. The third-order valence-corrected chi connectivity index (χ3v) is 4.94. The summed E-state index contributed by atoms with van der Waals surface area (Å²) >= 11 is 1.73. The molecule has 1 aliphatic rings. The van der Waals surface area contributed by atoms with E-state index < -0.39 is 0 Å². The van der Waals surface area contributed by atoms with Gasteiger partial charge >= 0.3 is 0 Å². The average Bonchev–Trinajstić information content (AvgIpc) is 2.97. The Kier molecular flexibility index (Phi) is 4.27. The Hall–Kier alpha value is -1.78. The zero-order valence-corrected chi connectivity index (χ0v) is 12.4. The van der Waals surface area contributed by atoms with E-state index in [1.807, 2.05) is 42.5 Å². The molecule has 1 heterocycles. The SMILES string of the molecule is O=C(NCc1ccccc1CO)C1CSc2ccccc21. The third-order valence-electron chi connectivity index (χ3n) is 3.76. The molecule has 108 valence electrons. The van der Waals surface area contributed by atoms with Crippen molar-refractivity contribution >= 4 is 17.7 Å². The Morgan fingerprint density at radius 3 is 2.67 bits per heavy atom. The number of amides is 1. The summed E-state index contributed by atoms with van der Waals surface area (Å²) in [4.78, 5) is 13.6. The van der Waals surface area contributed by atoms with Crippen LogP contribution in [0.15, 0.2) is 53.4 Å². The van der Waals surface area contributed by atoms with Gasteiger partial charge in [-0.15, -0.1) is 11.8 Å². The summed E-state index contributed by atoms with van der Waals surface area (Å²) in [6.45, 7) is 0.451. The van der Waals surface area contributed by atoms with Gasteiger partial charge in [0, 0.05) is 17.2 Å². The number of thioether (sulfide) groups is 1. The third kappa shape index (κ3) is 2.96. The Morgan fingerprint density at radius 2 is 1.86 bits per heavy atom. The highest BCUT2D eigenvalue weighted by Crippen LogP contribution is 2.39. The van der Waals surface area contributed by atoms with Crippen molar-refractivity contribution < 1.29 is 9.90 Å². The standard InChI is InChI=1S/C17H17NO2S/c19-10-13-6-2-1-5-12(13)9-18-17(20)15-11-21-16-8-4-3-7-14(15)16/h1-8,15,19H,9-11H2,(H,18,20). The quantitative estimate of drug-likeness (QED) is 0.912. The molecule has 1 atom stereocenters. The minimum Gasteiger partial charge on any atom is -0.392 e. The largest absolute Gasteiger partial charge is 0.392 e. The molecular formula is C17H17NO2S. The minimum absolute atomic E-state index is 0.00580. The molecule has 0 fully saturated rings. The minimum atomic E-state index is -0.0764. The molecule has 2 aromatic carbocycles. The summed E-state index contributed by atoms with van der Waals surface area (Å²) in [6.07, 6.45) is 0. The van der Waals surface area contributed by atoms with Crippen LogP contribution in [0.5, 0.6) is 0 Å². The lowest BCUT2D eigenvalue weighted by molar-refractivity contribution is -0.122. The number of nitrogens with one attached hydrogen (secondary N) is 1. The van der Waals surface area contributed by atoms with Crippen molar-refractivity contribution in [2.24, 2.45) is 0 Å². The lowest BCUT2D eigenvalue weighted by Crippen LogP contribution is -2.29. The zero-order valence-electron chi connectivity index (χ0n) is 11.6. The van der Waals surface area contributed by atoms with Crippen LogP contribution in [0.2, 0.25) is 0 Å². The second-order valence-corrected chi connectivity index (χ2v) is 6.11. The molecule has 3 nitrogen and oxygen atoms in total. The summed E-state index contributed by atoms with van der Waals surface area (Å²) in [7, 11) is 0. The molecule has 0 radical (unpaired) electrons. The van der Waals surface area contributed by atoms with E-state index in [2.05, 4.69) is 11.4 Å². The first-order chi connectivity index (χ1) is 10.3. The molecule has 1 aliphatic heterocycles. The molecule has 2 N–H and O–H groups in total. The van der Waals surface area contributed by atoms with Gasteiger partial charge in [0.25, 0.3) is 0 Å². The van der Waals surface area contributed by atoms with E-state index in [9.17, 15) is 9.90 Å². The summed E-state index contributed by atoms with van der Waals surface area (Å²) < 4.78 is 0. The van der Waals surface area contributed by atoms with Crippen molar-refractivity contribution in [3.8, 4) is 0 Å². The lowest BCUT2D eigenvalue weighted by atomic mass is 10.0. The van der Waals surface area contributed by atoms with Crippen LogP contribution in [0.1, 0.15) is 22.6 Å². The first kappa shape index (κ1) is 14.2. The number of aliphatic hydroxyl groups excluding tert-OH is 1. The number of rotatable bonds is 4. The van der Waals surface area contributed by atoms with E-state index in [0.29, 0.717) is 6.54 Å². The Labute approximate surface area is 128 Å². The van der Waals surface area contributed by atoms with E-state index in [4.69, 9.17) is 0 Å². The smallest absolute Gasteiger partial charge is 0.228 e. The molecule has 0 spiro atoms. The van der Waals surface area contributed by atoms with Crippen LogP contribution in [-0.4, -0.2) is 16.8 Å². The van der Waals surface area contributed by atoms with Gasteiger partial charge in [-0.05, 0) is 22.8 Å². The van der Waals surface area contributed by atoms with Crippen LogP contribution in [0.25, 0.3) is 0 Å². The number of hydrogen-bond donors (Lipinski definition) is 2. The fourth-order valence-electron chi connectivity index (χ4n) is 2.57. The van der Waals surface area contributed by atoms with Gasteiger partial charge in [-0.2, -0.15) is 0 Å². The molecule has 0 aromatic heterocycles. The molecule has 4 heteroatoms. The number of hydrogen-bond acceptors (Lipinski definition) is 3. The second kappa shape index (κ2) is 6.33. The molecule has 2 aromatic rings. The first-order valence-corrected chi connectivity index (χ1v) is 7.95. The average molecular weight is 299 g/mol. The molecule has 0 bridgehead atoms. The van der Waals surface area contributed by atoms with Gasteiger partial charge in [0.05, 0.1) is 12.5 Å². The summed E-state index contributed by atoms with van der Waals surface area (Å²) in [5.41, 5.74) is 2.95. The van der Waals surface area contributed by atoms with E-state index in [-0.39, 0.29) is 18.4 Å². The maximum absolute atomic E-state index is 12.4. The molecule has 0 aliphatic carbocycles. The van der Waals surface area contributed by atoms with Crippen LogP contribution in [0.3, 0.4) is 0 Å². The highest BCUT2D eigenvalue weighted by molar-refractivity contribution is 7.99. The normalized spacial score (nSPS) is 16.5. The summed E-state index contributed by atoms with van der Waals surface area (Å²) in [5.74, 6) is 0.778. The molecule has 0 saturated heterocycles. The van der Waals surface area contributed by atoms with Crippen molar-refractivity contribution in [1.29, 1.82) is 0 Å². The molecule has 0 saturated carbocycles. The van der Waals surface area contributed by atoms with Crippen LogP contribution in [-0.2, 0) is 17.9 Å². The highest BCUT2D eigenvalue weighted by Gasteiger charge is 2.28. The number of benzene rings is 2. The van der Waals surface area contributed by atoms with Gasteiger partial charge in [0.15, 0.2) is 0 Å². The molecule has 1 amide bonds. The Morgan fingerprint density at radius 1 is 1.14 bits per heavy atom. The predicted molar refractivity (Wildman–Crippen MR) is 84.1 cm³/mol. The van der Waals surface area contributed by atoms with Crippen molar-refractivity contribution in [2.75, 3.05) is 5.75 Å². The Balaban J connectivity index is 1.68. The molecule has 1 unspecified atom stereocenters. The fourth-order valence-corrected chi connectivity index (χ4v) is 3.80. The zero-order chi connectivity index (χ0) is 14.7.